The second-order valence-corrected chi connectivity index (χ2v) is 6.95. The lowest BCUT2D eigenvalue weighted by molar-refractivity contribution is 0.0950. The molecule has 0 unspecified atom stereocenters. The van der Waals surface area contributed by atoms with E-state index in [-0.39, 0.29) is 11.3 Å². The van der Waals surface area contributed by atoms with Gasteiger partial charge in [0.05, 0.1) is 0 Å². The average molecular weight is 340 g/mol. The standard InChI is InChI=1S/C17H26BrNO/c1-17(2,3)15-11-7-6-10-14(15)16(20)19-13-9-5-4-8-12-18/h6-7,10-11H,4-5,8-9,12-13H2,1-3H3,(H,19,20). The molecule has 0 saturated carbocycles. The highest BCUT2D eigenvalue weighted by Gasteiger charge is 2.20. The van der Waals surface area contributed by atoms with Crippen molar-refractivity contribution in [2.45, 2.75) is 51.9 Å². The van der Waals surface area contributed by atoms with Crippen LogP contribution in [0.3, 0.4) is 0 Å². The van der Waals surface area contributed by atoms with E-state index in [0.717, 1.165) is 29.4 Å². The first-order valence-electron chi connectivity index (χ1n) is 7.40. The number of carbonyl (C=O) groups is 1. The van der Waals surface area contributed by atoms with Crippen molar-refractivity contribution in [3.8, 4) is 0 Å². The predicted octanol–water partition coefficient (Wildman–Crippen LogP) is 4.67. The number of carbonyl (C=O) groups excluding carboxylic acids is 1. The van der Waals surface area contributed by atoms with Crippen molar-refractivity contribution in [1.82, 2.24) is 5.32 Å². The lowest BCUT2D eigenvalue weighted by atomic mass is 9.83. The van der Waals surface area contributed by atoms with Gasteiger partial charge in [0.1, 0.15) is 0 Å². The van der Waals surface area contributed by atoms with Crippen molar-refractivity contribution in [3.63, 3.8) is 0 Å². The van der Waals surface area contributed by atoms with Gasteiger partial charge in [0.2, 0.25) is 0 Å². The minimum Gasteiger partial charge on any atom is -0.352 e. The van der Waals surface area contributed by atoms with E-state index in [9.17, 15) is 4.79 Å². The van der Waals surface area contributed by atoms with Crippen LogP contribution >= 0.6 is 15.9 Å². The highest BCUT2D eigenvalue weighted by Crippen LogP contribution is 2.25. The molecule has 1 N–H and O–H groups in total. The van der Waals surface area contributed by atoms with Gasteiger partial charge in [-0.1, -0.05) is 67.7 Å². The Kier molecular flexibility index (Phi) is 7.28. The van der Waals surface area contributed by atoms with Crippen LogP contribution in [0.15, 0.2) is 24.3 Å². The Labute approximate surface area is 131 Å². The van der Waals surface area contributed by atoms with Crippen LogP contribution in [0.1, 0.15) is 62.4 Å². The minimum absolute atomic E-state index is 0.0101. The Bertz CT molecular complexity index is 423. The number of nitrogens with one attached hydrogen (secondary N) is 1. The van der Waals surface area contributed by atoms with E-state index in [1.54, 1.807) is 0 Å². The van der Waals surface area contributed by atoms with Crippen molar-refractivity contribution in [2.24, 2.45) is 0 Å². The monoisotopic (exact) mass is 339 g/mol. The molecule has 0 aliphatic rings. The van der Waals surface area contributed by atoms with Gasteiger partial charge in [-0.05, 0) is 29.9 Å². The molecule has 0 heterocycles. The SMILES string of the molecule is CC(C)(C)c1ccccc1C(=O)NCCCCCCBr. The Morgan fingerprint density at radius 3 is 2.40 bits per heavy atom. The molecule has 0 aliphatic heterocycles. The van der Waals surface area contributed by atoms with Gasteiger partial charge in [0.15, 0.2) is 0 Å². The number of hydrogen-bond donors (Lipinski definition) is 1. The molecule has 3 heteroatoms. The summed E-state index contributed by atoms with van der Waals surface area (Å²) >= 11 is 3.43. The number of rotatable bonds is 7. The molecule has 0 aliphatic carbocycles. The Morgan fingerprint density at radius 1 is 1.10 bits per heavy atom. The Morgan fingerprint density at radius 2 is 1.75 bits per heavy atom. The van der Waals surface area contributed by atoms with Crippen LogP contribution in [0.25, 0.3) is 0 Å². The van der Waals surface area contributed by atoms with E-state index in [1.165, 1.54) is 19.3 Å². The summed E-state index contributed by atoms with van der Waals surface area (Å²) in [5.74, 6) is 0.0519. The smallest absolute Gasteiger partial charge is 0.251 e. The van der Waals surface area contributed by atoms with Crippen LogP contribution in [0.2, 0.25) is 0 Å². The highest BCUT2D eigenvalue weighted by molar-refractivity contribution is 9.09. The van der Waals surface area contributed by atoms with E-state index in [1.807, 2.05) is 24.3 Å². The molecule has 1 aromatic carbocycles. The zero-order valence-corrected chi connectivity index (χ0v) is 14.4. The molecular weight excluding hydrogens is 314 g/mol. The normalized spacial score (nSPS) is 11.4. The summed E-state index contributed by atoms with van der Waals surface area (Å²) < 4.78 is 0. The molecule has 0 spiro atoms. The van der Waals surface area contributed by atoms with Gasteiger partial charge < -0.3 is 5.32 Å². The van der Waals surface area contributed by atoms with Crippen molar-refractivity contribution < 1.29 is 4.79 Å². The molecule has 0 bridgehead atoms. The number of benzene rings is 1. The van der Waals surface area contributed by atoms with Crippen molar-refractivity contribution in [2.75, 3.05) is 11.9 Å². The van der Waals surface area contributed by atoms with Crippen LogP contribution in [0, 0.1) is 0 Å². The summed E-state index contributed by atoms with van der Waals surface area (Å²) in [4.78, 5) is 12.3. The Balaban J connectivity index is 2.52. The number of hydrogen-bond acceptors (Lipinski definition) is 1. The van der Waals surface area contributed by atoms with Crippen LogP contribution < -0.4 is 5.32 Å². The summed E-state index contributed by atoms with van der Waals surface area (Å²) in [6.07, 6.45) is 4.66. The molecule has 0 radical (unpaired) electrons. The Hall–Kier alpha value is -0.830. The van der Waals surface area contributed by atoms with Gasteiger partial charge in [0.25, 0.3) is 5.91 Å². The molecule has 112 valence electrons. The molecule has 0 saturated heterocycles. The minimum atomic E-state index is -0.0101. The number of halogens is 1. The van der Waals surface area contributed by atoms with Gasteiger partial charge in [-0.3, -0.25) is 4.79 Å². The lowest BCUT2D eigenvalue weighted by Crippen LogP contribution is -2.27. The first-order chi connectivity index (χ1) is 9.46. The summed E-state index contributed by atoms with van der Waals surface area (Å²) in [7, 11) is 0. The molecule has 2 nitrogen and oxygen atoms in total. The van der Waals surface area contributed by atoms with Gasteiger partial charge in [-0.25, -0.2) is 0 Å². The maximum atomic E-state index is 12.3. The fraction of sp³-hybridized carbons (Fsp3) is 0.588. The highest BCUT2D eigenvalue weighted by atomic mass is 79.9. The van der Waals surface area contributed by atoms with Gasteiger partial charge >= 0.3 is 0 Å². The van der Waals surface area contributed by atoms with Crippen LogP contribution in [0.4, 0.5) is 0 Å². The third-order valence-electron chi connectivity index (χ3n) is 3.33. The van der Waals surface area contributed by atoms with E-state index < -0.39 is 0 Å². The van der Waals surface area contributed by atoms with E-state index in [0.29, 0.717) is 0 Å². The number of alkyl halides is 1. The molecule has 1 rings (SSSR count). The molecule has 1 amide bonds. The molecule has 1 aromatic rings. The zero-order valence-electron chi connectivity index (χ0n) is 12.8. The largest absolute Gasteiger partial charge is 0.352 e. The lowest BCUT2D eigenvalue weighted by Gasteiger charge is -2.22. The molecule has 20 heavy (non-hydrogen) atoms. The average Bonchev–Trinajstić information content (AvgIpc) is 2.41. The fourth-order valence-corrected chi connectivity index (χ4v) is 2.60. The topological polar surface area (TPSA) is 29.1 Å². The predicted molar refractivity (Wildman–Crippen MR) is 89.7 cm³/mol. The van der Waals surface area contributed by atoms with Crippen molar-refractivity contribution >= 4 is 21.8 Å². The maximum absolute atomic E-state index is 12.3. The molecule has 0 atom stereocenters. The third-order valence-corrected chi connectivity index (χ3v) is 3.89. The second kappa shape index (κ2) is 8.46. The van der Waals surface area contributed by atoms with Crippen molar-refractivity contribution in [3.05, 3.63) is 35.4 Å². The summed E-state index contributed by atoms with van der Waals surface area (Å²) in [6, 6.07) is 7.89. The van der Waals surface area contributed by atoms with Crippen LogP contribution in [-0.4, -0.2) is 17.8 Å². The fourth-order valence-electron chi connectivity index (χ4n) is 2.21. The summed E-state index contributed by atoms with van der Waals surface area (Å²) in [5, 5.41) is 4.11. The van der Waals surface area contributed by atoms with E-state index in [2.05, 4.69) is 42.0 Å². The van der Waals surface area contributed by atoms with Gasteiger partial charge in [0, 0.05) is 17.4 Å². The maximum Gasteiger partial charge on any atom is 0.251 e. The van der Waals surface area contributed by atoms with Gasteiger partial charge in [-0.2, -0.15) is 0 Å². The first kappa shape index (κ1) is 17.2. The molecule has 0 aromatic heterocycles. The first-order valence-corrected chi connectivity index (χ1v) is 8.52. The van der Waals surface area contributed by atoms with Crippen molar-refractivity contribution in [1.29, 1.82) is 0 Å². The third kappa shape index (κ3) is 5.66. The quantitative estimate of drug-likeness (QED) is 0.567. The van der Waals surface area contributed by atoms with E-state index in [4.69, 9.17) is 0 Å². The van der Waals surface area contributed by atoms with E-state index >= 15 is 0 Å². The number of amides is 1. The van der Waals surface area contributed by atoms with Crippen LogP contribution in [-0.2, 0) is 5.41 Å². The zero-order chi connectivity index (χ0) is 15.0. The molecular formula is C17H26BrNO. The summed E-state index contributed by atoms with van der Waals surface area (Å²) in [5.41, 5.74) is 1.90. The van der Waals surface area contributed by atoms with Gasteiger partial charge in [-0.15, -0.1) is 0 Å². The van der Waals surface area contributed by atoms with Crippen LogP contribution in [0.5, 0.6) is 0 Å². The second-order valence-electron chi connectivity index (χ2n) is 6.15. The summed E-state index contributed by atoms with van der Waals surface area (Å²) in [6.45, 7) is 7.18. The number of unbranched alkanes of at least 4 members (excludes halogenated alkanes) is 3. The molecule has 0 fully saturated rings.